The van der Waals surface area contributed by atoms with Crippen LogP contribution in [0.1, 0.15) is 17.1 Å². The minimum atomic E-state index is 0.478. The predicted octanol–water partition coefficient (Wildman–Crippen LogP) is 1.99. The molecule has 0 spiro atoms. The van der Waals surface area contributed by atoms with Crippen molar-refractivity contribution in [3.05, 3.63) is 35.4 Å². The number of aryl methyl sites for hydroxylation is 1. The molecule has 0 radical (unpaired) electrons. The smallest absolute Gasteiger partial charge is 0.170 e. The summed E-state index contributed by atoms with van der Waals surface area (Å²) in [7, 11) is 0. The van der Waals surface area contributed by atoms with E-state index in [1.807, 2.05) is 13.0 Å². The Kier molecular flexibility index (Phi) is 3.87. The van der Waals surface area contributed by atoms with Crippen molar-refractivity contribution in [2.24, 2.45) is 5.73 Å². The minimum absolute atomic E-state index is 0.478. The highest BCUT2D eigenvalue weighted by molar-refractivity contribution is 8.00. The van der Waals surface area contributed by atoms with Crippen molar-refractivity contribution in [2.45, 2.75) is 23.6 Å². The first kappa shape index (κ1) is 11.5. The molecule has 0 aliphatic carbocycles. The topological polar surface area (TPSA) is 64.7 Å². The van der Waals surface area contributed by atoms with Crippen LogP contribution in [0.25, 0.3) is 0 Å². The number of hydrogen-bond acceptors (Lipinski definition) is 6. The molecule has 0 amide bonds. The molecule has 0 fully saturated rings. The third kappa shape index (κ3) is 2.78. The lowest BCUT2D eigenvalue weighted by Gasteiger charge is -2.04. The van der Waals surface area contributed by atoms with Gasteiger partial charge in [-0.3, -0.25) is 4.98 Å². The fourth-order valence-electron chi connectivity index (χ4n) is 1.26. The van der Waals surface area contributed by atoms with Gasteiger partial charge in [-0.05, 0) is 30.1 Å². The van der Waals surface area contributed by atoms with Crippen LogP contribution in [0.2, 0.25) is 0 Å². The van der Waals surface area contributed by atoms with Crippen LogP contribution in [0.3, 0.4) is 0 Å². The number of hydrogen-bond donors (Lipinski definition) is 1. The Labute approximate surface area is 102 Å². The SMILES string of the molecule is Cc1nsc(SCc2cccnc2CN)n1. The van der Waals surface area contributed by atoms with Gasteiger partial charge < -0.3 is 5.73 Å². The molecule has 0 saturated carbocycles. The number of pyridine rings is 1. The van der Waals surface area contributed by atoms with Crippen molar-refractivity contribution in [3.63, 3.8) is 0 Å². The van der Waals surface area contributed by atoms with Crippen LogP contribution < -0.4 is 5.73 Å². The molecule has 2 aromatic heterocycles. The fourth-order valence-corrected chi connectivity index (χ4v) is 2.92. The quantitative estimate of drug-likeness (QED) is 0.843. The highest BCUT2D eigenvalue weighted by atomic mass is 32.2. The van der Waals surface area contributed by atoms with Gasteiger partial charge in [0.2, 0.25) is 0 Å². The molecule has 4 nitrogen and oxygen atoms in total. The molecular formula is C10H12N4S2. The van der Waals surface area contributed by atoms with E-state index >= 15 is 0 Å². The maximum Gasteiger partial charge on any atom is 0.170 e. The van der Waals surface area contributed by atoms with E-state index in [0.717, 1.165) is 21.6 Å². The van der Waals surface area contributed by atoms with E-state index in [-0.39, 0.29) is 0 Å². The summed E-state index contributed by atoms with van der Waals surface area (Å²) in [5.41, 5.74) is 7.75. The number of aromatic nitrogens is 3. The summed E-state index contributed by atoms with van der Waals surface area (Å²) >= 11 is 3.11. The zero-order chi connectivity index (χ0) is 11.4. The maximum absolute atomic E-state index is 5.63. The van der Waals surface area contributed by atoms with E-state index in [1.165, 1.54) is 17.1 Å². The third-order valence-corrected chi connectivity index (χ3v) is 4.01. The monoisotopic (exact) mass is 252 g/mol. The molecule has 2 heterocycles. The summed E-state index contributed by atoms with van der Waals surface area (Å²) < 4.78 is 5.13. The molecule has 6 heteroatoms. The average Bonchev–Trinajstić information content (AvgIpc) is 2.73. The summed E-state index contributed by atoms with van der Waals surface area (Å²) in [6.07, 6.45) is 1.77. The van der Waals surface area contributed by atoms with Crippen LogP contribution in [0.15, 0.2) is 22.7 Å². The molecule has 0 unspecified atom stereocenters. The van der Waals surface area contributed by atoms with Crippen LogP contribution in [0, 0.1) is 6.92 Å². The Hall–Kier alpha value is -0.980. The van der Waals surface area contributed by atoms with Gasteiger partial charge in [-0.1, -0.05) is 17.8 Å². The summed E-state index contributed by atoms with van der Waals surface area (Å²) in [6.45, 7) is 2.38. The van der Waals surface area contributed by atoms with E-state index in [0.29, 0.717) is 6.54 Å². The largest absolute Gasteiger partial charge is 0.325 e. The van der Waals surface area contributed by atoms with E-state index in [4.69, 9.17) is 5.73 Å². The average molecular weight is 252 g/mol. The van der Waals surface area contributed by atoms with Crippen molar-refractivity contribution in [3.8, 4) is 0 Å². The number of nitrogens with zero attached hydrogens (tertiary/aromatic N) is 3. The van der Waals surface area contributed by atoms with Crippen molar-refractivity contribution in [1.82, 2.24) is 14.3 Å². The van der Waals surface area contributed by atoms with E-state index < -0.39 is 0 Å². The molecule has 2 rings (SSSR count). The molecule has 2 aromatic rings. The summed E-state index contributed by atoms with van der Waals surface area (Å²) in [5, 5.41) is 0. The van der Waals surface area contributed by atoms with Crippen LogP contribution in [-0.4, -0.2) is 14.3 Å². The highest BCUT2D eigenvalue weighted by Gasteiger charge is 2.05. The van der Waals surface area contributed by atoms with Crippen LogP contribution in [0.4, 0.5) is 0 Å². The molecule has 0 aromatic carbocycles. The van der Waals surface area contributed by atoms with Gasteiger partial charge in [0.15, 0.2) is 4.34 Å². The van der Waals surface area contributed by atoms with E-state index in [9.17, 15) is 0 Å². The Morgan fingerprint density at radius 3 is 3.06 bits per heavy atom. The Morgan fingerprint density at radius 1 is 1.50 bits per heavy atom. The molecule has 0 atom stereocenters. The molecule has 0 bridgehead atoms. The number of nitrogens with two attached hydrogens (primary N) is 1. The molecule has 0 aliphatic heterocycles. The molecule has 2 N–H and O–H groups in total. The zero-order valence-corrected chi connectivity index (χ0v) is 10.5. The van der Waals surface area contributed by atoms with Crippen molar-refractivity contribution >= 4 is 23.3 Å². The van der Waals surface area contributed by atoms with Crippen molar-refractivity contribution in [1.29, 1.82) is 0 Å². The maximum atomic E-state index is 5.63. The lowest BCUT2D eigenvalue weighted by Crippen LogP contribution is -2.03. The highest BCUT2D eigenvalue weighted by Crippen LogP contribution is 2.24. The normalized spacial score (nSPS) is 10.6. The van der Waals surface area contributed by atoms with Gasteiger partial charge in [0.1, 0.15) is 5.82 Å². The number of thioether (sulfide) groups is 1. The summed E-state index contributed by atoms with van der Waals surface area (Å²) in [5.74, 6) is 1.67. The molecular weight excluding hydrogens is 240 g/mol. The van der Waals surface area contributed by atoms with Crippen LogP contribution in [0.5, 0.6) is 0 Å². The van der Waals surface area contributed by atoms with Gasteiger partial charge in [-0.15, -0.1) is 0 Å². The van der Waals surface area contributed by atoms with Crippen molar-refractivity contribution < 1.29 is 0 Å². The molecule has 0 saturated heterocycles. The van der Waals surface area contributed by atoms with Gasteiger partial charge in [-0.2, -0.15) is 4.37 Å². The standard InChI is InChI=1S/C10H12N4S2/c1-7-13-10(16-14-7)15-6-8-3-2-4-12-9(8)5-11/h2-4H,5-6,11H2,1H3. The van der Waals surface area contributed by atoms with Crippen molar-refractivity contribution in [2.75, 3.05) is 0 Å². The molecule has 16 heavy (non-hydrogen) atoms. The van der Waals surface area contributed by atoms with E-state index in [1.54, 1.807) is 18.0 Å². The first-order valence-corrected chi connectivity index (χ1v) is 6.61. The Morgan fingerprint density at radius 2 is 2.38 bits per heavy atom. The van der Waals surface area contributed by atoms with Gasteiger partial charge in [0, 0.05) is 18.5 Å². The van der Waals surface area contributed by atoms with Gasteiger partial charge in [-0.25, -0.2) is 4.98 Å². The third-order valence-electron chi connectivity index (χ3n) is 2.04. The predicted molar refractivity (Wildman–Crippen MR) is 66.3 cm³/mol. The molecule has 84 valence electrons. The second kappa shape index (κ2) is 5.38. The second-order valence-corrected chi connectivity index (χ2v) is 5.18. The van der Waals surface area contributed by atoms with Crippen LogP contribution >= 0.6 is 23.3 Å². The van der Waals surface area contributed by atoms with Gasteiger partial charge in [0.05, 0.1) is 5.69 Å². The lowest BCUT2D eigenvalue weighted by molar-refractivity contribution is 0.964. The van der Waals surface area contributed by atoms with Crippen LogP contribution in [-0.2, 0) is 12.3 Å². The molecule has 0 aliphatic rings. The zero-order valence-electron chi connectivity index (χ0n) is 8.88. The summed E-state index contributed by atoms with van der Waals surface area (Å²) in [6, 6.07) is 3.98. The fraction of sp³-hybridized carbons (Fsp3) is 0.300. The van der Waals surface area contributed by atoms with Gasteiger partial charge >= 0.3 is 0 Å². The van der Waals surface area contributed by atoms with Gasteiger partial charge in [0.25, 0.3) is 0 Å². The minimum Gasteiger partial charge on any atom is -0.325 e. The number of rotatable bonds is 4. The van der Waals surface area contributed by atoms with E-state index in [2.05, 4.69) is 20.4 Å². The Balaban J connectivity index is 2.04. The lowest BCUT2D eigenvalue weighted by atomic mass is 10.2. The first-order chi connectivity index (χ1) is 7.79. The summed E-state index contributed by atoms with van der Waals surface area (Å²) in [4.78, 5) is 8.54. The Bertz CT molecular complexity index is 469. The first-order valence-electron chi connectivity index (χ1n) is 4.85. The second-order valence-electron chi connectivity index (χ2n) is 3.21.